The second-order valence-electron chi connectivity index (χ2n) is 5.11. The van der Waals surface area contributed by atoms with Crippen LogP contribution in [0.3, 0.4) is 0 Å². The number of rotatable bonds is 4. The van der Waals surface area contributed by atoms with Gasteiger partial charge in [0.1, 0.15) is 11.3 Å². The van der Waals surface area contributed by atoms with E-state index < -0.39 is 27.4 Å². The standard InChI is InChI=1S/C16H12F2N2O3S2/c1-2-25(22,23)13-6-4-3-5-10(13)15(21)20-16-19-14-11(18)7-9(17)8-12(14)24-16/h3-8H,2H2,1H3,(H,19,20,21). The van der Waals surface area contributed by atoms with E-state index in [0.717, 1.165) is 17.4 Å². The van der Waals surface area contributed by atoms with Crippen LogP contribution in [0.1, 0.15) is 17.3 Å². The highest BCUT2D eigenvalue weighted by Crippen LogP contribution is 2.29. The Morgan fingerprint density at radius 2 is 1.96 bits per heavy atom. The highest BCUT2D eigenvalue weighted by molar-refractivity contribution is 7.91. The maximum absolute atomic E-state index is 13.7. The molecule has 0 aliphatic carbocycles. The molecule has 0 saturated heterocycles. The number of aromatic nitrogens is 1. The fourth-order valence-corrected chi connectivity index (χ4v) is 4.25. The predicted octanol–water partition coefficient (Wildman–Crippen LogP) is 3.62. The SMILES string of the molecule is CCS(=O)(=O)c1ccccc1C(=O)Nc1nc2c(F)cc(F)cc2s1. The lowest BCUT2D eigenvalue weighted by atomic mass is 10.2. The summed E-state index contributed by atoms with van der Waals surface area (Å²) in [7, 11) is -3.59. The summed E-state index contributed by atoms with van der Waals surface area (Å²) in [5.74, 6) is -2.41. The molecule has 3 aromatic rings. The Hall–Kier alpha value is -2.39. The van der Waals surface area contributed by atoms with Gasteiger partial charge >= 0.3 is 0 Å². The van der Waals surface area contributed by atoms with Gasteiger partial charge in [-0.15, -0.1) is 0 Å². The summed E-state index contributed by atoms with van der Waals surface area (Å²) in [6, 6.07) is 7.61. The predicted molar refractivity (Wildman–Crippen MR) is 91.7 cm³/mol. The van der Waals surface area contributed by atoms with Crippen LogP contribution in [-0.2, 0) is 9.84 Å². The molecule has 5 nitrogen and oxygen atoms in total. The van der Waals surface area contributed by atoms with Gasteiger partial charge in [0.2, 0.25) is 0 Å². The van der Waals surface area contributed by atoms with Crippen molar-refractivity contribution in [3.63, 3.8) is 0 Å². The highest BCUT2D eigenvalue weighted by Gasteiger charge is 2.21. The van der Waals surface area contributed by atoms with Crippen molar-refractivity contribution in [3.05, 3.63) is 53.6 Å². The Bertz CT molecular complexity index is 1080. The van der Waals surface area contributed by atoms with Gasteiger partial charge in [-0.2, -0.15) is 0 Å². The first kappa shape index (κ1) is 17.4. The maximum atomic E-state index is 13.7. The van der Waals surface area contributed by atoms with Crippen LogP contribution in [-0.4, -0.2) is 25.1 Å². The second-order valence-corrected chi connectivity index (χ2v) is 8.38. The number of benzene rings is 2. The molecule has 1 heterocycles. The number of thiazole rings is 1. The summed E-state index contributed by atoms with van der Waals surface area (Å²) >= 11 is 0.895. The van der Waals surface area contributed by atoms with Crippen LogP contribution in [0.25, 0.3) is 10.2 Å². The van der Waals surface area contributed by atoms with Crippen molar-refractivity contribution in [2.45, 2.75) is 11.8 Å². The van der Waals surface area contributed by atoms with Crippen molar-refractivity contribution in [2.24, 2.45) is 0 Å². The van der Waals surface area contributed by atoms with Gasteiger partial charge in [0.05, 0.1) is 20.9 Å². The monoisotopic (exact) mass is 382 g/mol. The molecule has 3 rings (SSSR count). The topological polar surface area (TPSA) is 76.1 Å². The number of hydrogen-bond donors (Lipinski definition) is 1. The van der Waals surface area contributed by atoms with Crippen LogP contribution in [0, 0.1) is 11.6 Å². The lowest BCUT2D eigenvalue weighted by Crippen LogP contribution is -2.17. The van der Waals surface area contributed by atoms with Crippen molar-refractivity contribution in [1.82, 2.24) is 4.98 Å². The largest absolute Gasteiger partial charge is 0.298 e. The molecule has 0 bridgehead atoms. The smallest absolute Gasteiger partial charge is 0.258 e. The minimum atomic E-state index is -3.59. The average Bonchev–Trinajstić information content (AvgIpc) is 2.97. The lowest BCUT2D eigenvalue weighted by Gasteiger charge is -2.08. The molecule has 25 heavy (non-hydrogen) atoms. The van der Waals surface area contributed by atoms with Crippen molar-refractivity contribution in [2.75, 3.05) is 11.1 Å². The third-order valence-electron chi connectivity index (χ3n) is 3.48. The van der Waals surface area contributed by atoms with Crippen molar-refractivity contribution >= 4 is 42.4 Å². The fraction of sp³-hybridized carbons (Fsp3) is 0.125. The van der Waals surface area contributed by atoms with E-state index in [9.17, 15) is 22.0 Å². The van der Waals surface area contributed by atoms with Gasteiger partial charge < -0.3 is 0 Å². The molecule has 0 aliphatic rings. The molecule has 0 radical (unpaired) electrons. The number of carbonyl (C=O) groups is 1. The van der Waals surface area contributed by atoms with Gasteiger partial charge in [0, 0.05) is 6.07 Å². The van der Waals surface area contributed by atoms with Gasteiger partial charge in [0.15, 0.2) is 20.8 Å². The number of fused-ring (bicyclic) bond motifs is 1. The number of anilines is 1. The molecular formula is C16H12F2N2O3S2. The molecule has 9 heteroatoms. The number of halogens is 2. The number of hydrogen-bond acceptors (Lipinski definition) is 5. The molecule has 0 atom stereocenters. The third kappa shape index (κ3) is 3.38. The molecule has 2 aromatic carbocycles. The van der Waals surface area contributed by atoms with E-state index in [1.165, 1.54) is 31.2 Å². The summed E-state index contributed by atoms with van der Waals surface area (Å²) < 4.78 is 51.4. The zero-order valence-corrected chi connectivity index (χ0v) is 14.5. The van der Waals surface area contributed by atoms with Crippen molar-refractivity contribution in [1.29, 1.82) is 0 Å². The van der Waals surface area contributed by atoms with Crippen LogP contribution >= 0.6 is 11.3 Å². The Labute approximate surface area is 146 Å². The Morgan fingerprint density at radius 3 is 2.68 bits per heavy atom. The third-order valence-corrected chi connectivity index (χ3v) is 6.18. The van der Waals surface area contributed by atoms with Gasteiger partial charge in [-0.05, 0) is 18.2 Å². The first-order chi connectivity index (χ1) is 11.8. The molecule has 1 aromatic heterocycles. The summed E-state index contributed by atoms with van der Waals surface area (Å²) in [6.45, 7) is 1.48. The van der Waals surface area contributed by atoms with E-state index in [4.69, 9.17) is 0 Å². The molecule has 0 saturated carbocycles. The first-order valence-electron chi connectivity index (χ1n) is 7.20. The van der Waals surface area contributed by atoms with E-state index in [1.807, 2.05) is 0 Å². The van der Waals surface area contributed by atoms with E-state index in [0.29, 0.717) is 6.07 Å². The Morgan fingerprint density at radius 1 is 1.24 bits per heavy atom. The van der Waals surface area contributed by atoms with E-state index in [1.54, 1.807) is 0 Å². The normalized spacial score (nSPS) is 11.6. The number of nitrogens with one attached hydrogen (secondary N) is 1. The molecule has 1 N–H and O–H groups in total. The van der Waals surface area contributed by atoms with Crippen LogP contribution in [0.2, 0.25) is 0 Å². The zero-order chi connectivity index (χ0) is 18.2. The molecule has 0 aliphatic heterocycles. The fourth-order valence-electron chi connectivity index (χ4n) is 2.26. The molecule has 0 unspecified atom stereocenters. The zero-order valence-electron chi connectivity index (χ0n) is 12.9. The second kappa shape index (κ2) is 6.49. The molecule has 1 amide bonds. The number of carbonyl (C=O) groups excluding carboxylic acids is 1. The van der Waals surface area contributed by atoms with Crippen LogP contribution in [0.5, 0.6) is 0 Å². The average molecular weight is 382 g/mol. The number of sulfone groups is 1. The van der Waals surface area contributed by atoms with Gasteiger partial charge in [0.25, 0.3) is 5.91 Å². The van der Waals surface area contributed by atoms with Gasteiger partial charge in [-0.1, -0.05) is 30.4 Å². The van der Waals surface area contributed by atoms with Crippen molar-refractivity contribution < 1.29 is 22.0 Å². The van der Waals surface area contributed by atoms with Crippen LogP contribution in [0.15, 0.2) is 41.3 Å². The Balaban J connectivity index is 1.98. The minimum absolute atomic E-state index is 0.0322. The first-order valence-corrected chi connectivity index (χ1v) is 9.67. The summed E-state index contributed by atoms with van der Waals surface area (Å²) in [5.41, 5.74) is -0.0913. The van der Waals surface area contributed by atoms with Crippen molar-refractivity contribution in [3.8, 4) is 0 Å². The number of amides is 1. The highest BCUT2D eigenvalue weighted by atomic mass is 32.2. The van der Waals surface area contributed by atoms with E-state index in [-0.39, 0.29) is 31.6 Å². The van der Waals surface area contributed by atoms with E-state index in [2.05, 4.69) is 10.3 Å². The molecule has 0 fully saturated rings. The van der Waals surface area contributed by atoms with Crippen LogP contribution < -0.4 is 5.32 Å². The molecule has 0 spiro atoms. The summed E-state index contributed by atoms with van der Waals surface area (Å²) in [6.07, 6.45) is 0. The van der Waals surface area contributed by atoms with E-state index >= 15 is 0 Å². The van der Waals surface area contributed by atoms with Gasteiger partial charge in [-0.25, -0.2) is 22.2 Å². The minimum Gasteiger partial charge on any atom is -0.298 e. The van der Waals surface area contributed by atoms with Gasteiger partial charge in [-0.3, -0.25) is 10.1 Å². The summed E-state index contributed by atoms with van der Waals surface area (Å²) in [5, 5.41) is 2.50. The molecular weight excluding hydrogens is 370 g/mol. The van der Waals surface area contributed by atoms with Crippen LogP contribution in [0.4, 0.5) is 13.9 Å². The molecule has 130 valence electrons. The summed E-state index contributed by atoms with van der Waals surface area (Å²) in [4.78, 5) is 16.3. The maximum Gasteiger partial charge on any atom is 0.258 e. The number of nitrogens with zero attached hydrogens (tertiary/aromatic N) is 1. The quantitative estimate of drug-likeness (QED) is 0.748. The lowest BCUT2D eigenvalue weighted by molar-refractivity contribution is 0.102. The Kier molecular flexibility index (Phi) is 4.53.